The molecule has 2 aromatic rings. The number of fused-ring (bicyclic) bond motifs is 2. The number of nitrogens with two attached hydrogens (primary N) is 1. The number of imide groups is 1. The third kappa shape index (κ3) is 7.96. The first kappa shape index (κ1) is 38.7. The number of sulfonamides is 1. The van der Waals surface area contributed by atoms with E-state index in [0.717, 1.165) is 41.3 Å². The van der Waals surface area contributed by atoms with Crippen LogP contribution in [0.1, 0.15) is 27.1 Å². The lowest BCUT2D eigenvalue weighted by atomic mass is 9.89. The van der Waals surface area contributed by atoms with E-state index in [1.54, 1.807) is 0 Å². The van der Waals surface area contributed by atoms with Crippen molar-refractivity contribution >= 4 is 70.6 Å². The summed E-state index contributed by atoms with van der Waals surface area (Å²) in [6, 6.07) is 8.19. The number of carbonyl (C=O) groups is 4. The maximum absolute atomic E-state index is 13.7. The van der Waals surface area contributed by atoms with Crippen molar-refractivity contribution in [2.24, 2.45) is 4.99 Å². The number of hydrogen-bond acceptors (Lipinski definition) is 13. The Bertz CT molecular complexity index is 2620. The Balaban J connectivity index is 1.77. The van der Waals surface area contributed by atoms with Gasteiger partial charge >= 0.3 is 5.97 Å². The largest absolute Gasteiger partial charge is 0.478 e. The first-order valence-electron chi connectivity index (χ1n) is 15.1. The average molecular weight is 792 g/mol. The lowest BCUT2D eigenvalue weighted by molar-refractivity contribution is -0.136. The van der Waals surface area contributed by atoms with Crippen molar-refractivity contribution in [2.45, 2.75) is 16.2 Å². The van der Waals surface area contributed by atoms with Gasteiger partial charge in [-0.25, -0.2) is 17.9 Å². The molecule has 3 amide bonds. The molecule has 2 aromatic carbocycles. The van der Waals surface area contributed by atoms with E-state index in [1.165, 1.54) is 25.2 Å². The van der Waals surface area contributed by atoms with Crippen LogP contribution in [-0.4, -0.2) is 100 Å². The van der Waals surface area contributed by atoms with Crippen molar-refractivity contribution < 1.29 is 63.1 Å². The molecule has 22 heteroatoms. The highest BCUT2D eigenvalue weighted by atomic mass is 32.2. The number of carboxylic acids is 1. The lowest BCUT2D eigenvalue weighted by Crippen LogP contribution is -2.38. The number of carboxylic acid groups (broad SMARTS) is 1. The molecule has 19 nitrogen and oxygen atoms in total. The van der Waals surface area contributed by atoms with Gasteiger partial charge in [0.05, 0.1) is 22.4 Å². The summed E-state index contributed by atoms with van der Waals surface area (Å²) in [4.78, 5) is 52.7. The van der Waals surface area contributed by atoms with E-state index in [1.807, 2.05) is 0 Å². The van der Waals surface area contributed by atoms with Gasteiger partial charge < -0.3 is 20.6 Å². The molecule has 2 aliphatic heterocycles. The van der Waals surface area contributed by atoms with E-state index in [0.29, 0.717) is 0 Å². The van der Waals surface area contributed by atoms with Crippen LogP contribution in [0, 0.1) is 0 Å². The van der Waals surface area contributed by atoms with Gasteiger partial charge in [-0.3, -0.25) is 33.4 Å². The minimum atomic E-state index is -5.20. The lowest BCUT2D eigenvalue weighted by Gasteiger charge is -2.21. The predicted molar refractivity (Wildman–Crippen MR) is 185 cm³/mol. The van der Waals surface area contributed by atoms with Gasteiger partial charge in [-0.15, -0.1) is 0 Å². The van der Waals surface area contributed by atoms with Crippen LogP contribution in [0.3, 0.4) is 0 Å². The van der Waals surface area contributed by atoms with Crippen molar-refractivity contribution in [1.29, 1.82) is 0 Å². The zero-order valence-corrected chi connectivity index (χ0v) is 29.7. The first-order valence-corrected chi connectivity index (χ1v) is 19.6. The van der Waals surface area contributed by atoms with E-state index < -0.39 is 98.6 Å². The number of aromatic carboxylic acids is 1. The second kappa shape index (κ2) is 14.5. The number of nitrogen functional groups attached to an aromatic ring is 1. The Morgan fingerprint density at radius 1 is 0.906 bits per heavy atom. The maximum atomic E-state index is 13.7. The van der Waals surface area contributed by atoms with Crippen LogP contribution < -0.4 is 21.1 Å². The number of benzene rings is 3. The van der Waals surface area contributed by atoms with Crippen LogP contribution >= 0.6 is 0 Å². The van der Waals surface area contributed by atoms with E-state index >= 15 is 0 Å². The number of nitrogens with zero attached hydrogens (tertiary/aromatic N) is 2. The van der Waals surface area contributed by atoms with E-state index in [4.69, 9.17) is 14.7 Å². The summed E-state index contributed by atoms with van der Waals surface area (Å²) >= 11 is 0. The zero-order chi connectivity index (χ0) is 39.0. The number of rotatable bonds is 13. The smallest absolute Gasteiger partial charge is 0.336 e. The monoisotopic (exact) mass is 791 g/mol. The Labute approximate surface area is 300 Å². The SMILES string of the molecule is CN=c1ccc2c(-c3cc(C(=O)NCCN4C(=O)C=CC4=O)ccc3C(=O)O)c3ccc(N)c(S(=O)(=O)NCCCS(=O)(=O)O)c3oc-2c1S(=O)(=O)O. The van der Waals surface area contributed by atoms with Gasteiger partial charge in [-0.05, 0) is 54.4 Å². The number of nitrogens with one attached hydrogen (secondary N) is 2. The fraction of sp³-hybridized carbons (Fsp3) is 0.194. The summed E-state index contributed by atoms with van der Waals surface area (Å²) in [6.07, 6.45) is 1.76. The third-order valence-electron chi connectivity index (χ3n) is 7.92. The Morgan fingerprint density at radius 2 is 1.58 bits per heavy atom. The highest BCUT2D eigenvalue weighted by Gasteiger charge is 2.33. The molecule has 0 bridgehead atoms. The molecule has 0 saturated heterocycles. The second-order valence-corrected chi connectivity index (χ2v) is 16.0. The van der Waals surface area contributed by atoms with Crippen LogP contribution in [-0.2, 0) is 39.8 Å². The number of anilines is 1. The highest BCUT2D eigenvalue weighted by Crippen LogP contribution is 2.46. The van der Waals surface area contributed by atoms with Crippen molar-refractivity contribution in [1.82, 2.24) is 14.9 Å². The molecule has 0 atom stereocenters. The van der Waals surface area contributed by atoms with Gasteiger partial charge in [0.25, 0.3) is 38.0 Å². The fourth-order valence-corrected chi connectivity index (χ4v) is 8.26. The molecule has 53 heavy (non-hydrogen) atoms. The number of hydrogen-bond donors (Lipinski definition) is 6. The van der Waals surface area contributed by atoms with Gasteiger partial charge in [0.15, 0.2) is 16.2 Å². The fourth-order valence-electron chi connectivity index (χ4n) is 5.61. The van der Waals surface area contributed by atoms with E-state index in [2.05, 4.69) is 15.0 Å². The van der Waals surface area contributed by atoms with E-state index in [-0.39, 0.29) is 52.5 Å². The maximum Gasteiger partial charge on any atom is 0.336 e. The van der Waals surface area contributed by atoms with Crippen LogP contribution in [0.2, 0.25) is 0 Å². The molecular formula is C31H29N5O14S3. The molecule has 0 saturated carbocycles. The summed E-state index contributed by atoms with van der Waals surface area (Å²) in [6.45, 7) is -0.898. The van der Waals surface area contributed by atoms with Gasteiger partial charge in [0.1, 0.15) is 4.90 Å². The van der Waals surface area contributed by atoms with Crippen LogP contribution in [0.15, 0.2) is 73.8 Å². The van der Waals surface area contributed by atoms with Crippen molar-refractivity contribution in [3.63, 3.8) is 0 Å². The van der Waals surface area contributed by atoms with Gasteiger partial charge in [0.2, 0.25) is 10.0 Å². The summed E-state index contributed by atoms with van der Waals surface area (Å²) in [5.41, 5.74) is 3.83. The Hall–Kier alpha value is -5.52. The molecule has 0 radical (unpaired) electrons. The first-order chi connectivity index (χ1) is 24.7. The van der Waals surface area contributed by atoms with Crippen molar-refractivity contribution in [2.75, 3.05) is 38.2 Å². The normalized spacial score (nSPS) is 14.1. The molecule has 0 unspecified atom stereocenters. The van der Waals surface area contributed by atoms with Crippen molar-refractivity contribution in [3.8, 4) is 22.5 Å². The summed E-state index contributed by atoms with van der Waals surface area (Å²) in [5, 5.41) is 12.3. The standard InChI is InChI=1S/C31H29N5O14S3/c1-33-22-8-6-19-25(20-15-16(3-4-17(20)31(40)41)30(39)34-12-13-36-23(37)9-10-24(36)38)18-5-7-21(32)28(26(18)50-27(19)29(22)53(47,48)49)52(45,46)35-11-2-14-51(42,43)44/h3-10,15,35H,2,11-14,32H2,1H3,(H,34,39)(H,40,41)(H,42,43,44)(H,47,48,49). The van der Waals surface area contributed by atoms with Gasteiger partial charge in [-0.1, -0.05) is 0 Å². The molecule has 0 fully saturated rings. The Kier molecular flexibility index (Phi) is 10.6. The molecular weight excluding hydrogens is 763 g/mol. The molecule has 0 aromatic heterocycles. The summed E-state index contributed by atoms with van der Waals surface area (Å²) < 4.78 is 103. The highest BCUT2D eigenvalue weighted by molar-refractivity contribution is 7.90. The second-order valence-electron chi connectivity index (χ2n) is 11.3. The summed E-state index contributed by atoms with van der Waals surface area (Å²) in [5.74, 6) is -4.93. The molecule has 1 aliphatic carbocycles. The molecule has 280 valence electrons. The minimum Gasteiger partial charge on any atom is -0.478 e. The molecule has 3 aliphatic rings. The Morgan fingerprint density at radius 3 is 2.19 bits per heavy atom. The van der Waals surface area contributed by atoms with Gasteiger partial charge in [0, 0.05) is 60.9 Å². The van der Waals surface area contributed by atoms with Crippen LogP contribution in [0.4, 0.5) is 5.69 Å². The predicted octanol–water partition coefficient (Wildman–Crippen LogP) is 0.473. The van der Waals surface area contributed by atoms with Crippen LogP contribution in [0.25, 0.3) is 33.4 Å². The minimum absolute atomic E-state index is 0.150. The quantitative estimate of drug-likeness (QED) is 0.0353. The van der Waals surface area contributed by atoms with Gasteiger partial charge in [-0.2, -0.15) is 16.8 Å². The molecule has 2 heterocycles. The molecule has 5 rings (SSSR count). The topological polar surface area (TPSA) is 310 Å². The van der Waals surface area contributed by atoms with Crippen molar-refractivity contribution in [3.05, 3.63) is 71.1 Å². The average Bonchev–Trinajstić information content (AvgIpc) is 3.39. The van der Waals surface area contributed by atoms with Crippen LogP contribution in [0.5, 0.6) is 0 Å². The zero-order valence-electron chi connectivity index (χ0n) is 27.3. The summed E-state index contributed by atoms with van der Waals surface area (Å²) in [7, 11) is -13.2. The number of carbonyl (C=O) groups excluding carboxylic acids is 3. The number of amides is 3. The third-order valence-corrected chi connectivity index (χ3v) is 11.2. The molecule has 0 spiro atoms. The van der Waals surface area contributed by atoms with E-state index in [9.17, 15) is 54.1 Å². The molecule has 7 N–H and O–H groups in total.